The lowest BCUT2D eigenvalue weighted by Crippen LogP contribution is -2.21. The van der Waals surface area contributed by atoms with Crippen molar-refractivity contribution in [3.63, 3.8) is 0 Å². The average Bonchev–Trinajstić information content (AvgIpc) is 2.62. The number of methoxy groups -OCH3 is 2. The van der Waals surface area contributed by atoms with Crippen molar-refractivity contribution in [3.05, 3.63) is 23.8 Å². The molecule has 1 saturated carbocycles. The standard InChI is InChI=1S/C15H23NO2/c1-17-13-8-5-9-14(18-2)15(13)11-6-3-4-7-12(16)10-11/h5,8-9,11-12H,3-4,6-7,10,16H2,1-2H3. The molecule has 0 aliphatic heterocycles. The second-order valence-electron chi connectivity index (χ2n) is 5.05. The first kappa shape index (κ1) is 13.2. The van der Waals surface area contributed by atoms with E-state index in [2.05, 4.69) is 0 Å². The Balaban J connectivity index is 2.34. The van der Waals surface area contributed by atoms with E-state index in [0.29, 0.717) is 12.0 Å². The number of benzene rings is 1. The zero-order chi connectivity index (χ0) is 13.0. The van der Waals surface area contributed by atoms with Crippen LogP contribution in [0.5, 0.6) is 11.5 Å². The molecular weight excluding hydrogens is 226 g/mol. The fraction of sp³-hybridized carbons (Fsp3) is 0.600. The molecule has 2 N–H and O–H groups in total. The lowest BCUT2D eigenvalue weighted by molar-refractivity contribution is 0.372. The van der Waals surface area contributed by atoms with Gasteiger partial charge in [-0.25, -0.2) is 0 Å². The highest BCUT2D eigenvalue weighted by Gasteiger charge is 2.24. The molecule has 2 unspecified atom stereocenters. The van der Waals surface area contributed by atoms with Gasteiger partial charge in [0.05, 0.1) is 14.2 Å². The molecule has 1 aromatic rings. The molecule has 0 bridgehead atoms. The topological polar surface area (TPSA) is 44.5 Å². The van der Waals surface area contributed by atoms with Crippen molar-refractivity contribution in [2.75, 3.05) is 14.2 Å². The van der Waals surface area contributed by atoms with Crippen LogP contribution in [0.25, 0.3) is 0 Å². The molecule has 1 aromatic carbocycles. The third kappa shape index (κ3) is 2.78. The molecule has 100 valence electrons. The van der Waals surface area contributed by atoms with E-state index < -0.39 is 0 Å². The van der Waals surface area contributed by atoms with Gasteiger partial charge in [-0.3, -0.25) is 0 Å². The smallest absolute Gasteiger partial charge is 0.126 e. The van der Waals surface area contributed by atoms with Gasteiger partial charge in [-0.2, -0.15) is 0 Å². The van der Waals surface area contributed by atoms with E-state index >= 15 is 0 Å². The lowest BCUT2D eigenvalue weighted by atomic mass is 9.89. The molecule has 1 aliphatic carbocycles. The summed E-state index contributed by atoms with van der Waals surface area (Å²) in [6.07, 6.45) is 5.80. The molecular formula is C15H23NO2. The van der Waals surface area contributed by atoms with Crippen LogP contribution in [0.3, 0.4) is 0 Å². The predicted octanol–water partition coefficient (Wildman–Crippen LogP) is 3.08. The summed E-state index contributed by atoms with van der Waals surface area (Å²) in [5.41, 5.74) is 7.36. The van der Waals surface area contributed by atoms with Gasteiger partial charge in [0.2, 0.25) is 0 Å². The summed E-state index contributed by atoms with van der Waals surface area (Å²) in [6, 6.07) is 6.28. The van der Waals surface area contributed by atoms with E-state index in [1.54, 1.807) is 14.2 Å². The second kappa shape index (κ2) is 6.10. The van der Waals surface area contributed by atoms with Crippen LogP contribution in [0.15, 0.2) is 18.2 Å². The van der Waals surface area contributed by atoms with Gasteiger partial charge in [0, 0.05) is 11.6 Å². The summed E-state index contributed by atoms with van der Waals surface area (Å²) in [5.74, 6) is 2.30. The van der Waals surface area contributed by atoms with E-state index in [1.807, 2.05) is 18.2 Å². The van der Waals surface area contributed by atoms with Crippen LogP contribution in [0.2, 0.25) is 0 Å². The van der Waals surface area contributed by atoms with Crippen molar-refractivity contribution in [1.82, 2.24) is 0 Å². The Kier molecular flexibility index (Phi) is 4.48. The fourth-order valence-electron chi connectivity index (χ4n) is 2.94. The molecule has 18 heavy (non-hydrogen) atoms. The summed E-state index contributed by atoms with van der Waals surface area (Å²) in [7, 11) is 3.43. The normalized spacial score (nSPS) is 24.4. The SMILES string of the molecule is COc1cccc(OC)c1C1CCCCC(N)C1. The molecule has 3 nitrogen and oxygen atoms in total. The Bertz CT molecular complexity index is 370. The molecule has 1 aliphatic rings. The van der Waals surface area contributed by atoms with Crippen molar-refractivity contribution < 1.29 is 9.47 Å². The Morgan fingerprint density at radius 2 is 1.67 bits per heavy atom. The van der Waals surface area contributed by atoms with Gasteiger partial charge < -0.3 is 15.2 Å². The zero-order valence-electron chi connectivity index (χ0n) is 11.3. The molecule has 0 aromatic heterocycles. The first-order valence-electron chi connectivity index (χ1n) is 6.72. The average molecular weight is 249 g/mol. The third-order valence-electron chi connectivity index (χ3n) is 3.84. The molecule has 0 spiro atoms. The maximum absolute atomic E-state index is 6.16. The van der Waals surface area contributed by atoms with Crippen LogP contribution >= 0.6 is 0 Å². The molecule has 2 atom stereocenters. The molecule has 1 fully saturated rings. The van der Waals surface area contributed by atoms with Gasteiger partial charge in [0.25, 0.3) is 0 Å². The number of nitrogens with two attached hydrogens (primary N) is 1. The van der Waals surface area contributed by atoms with Gasteiger partial charge in [0.1, 0.15) is 11.5 Å². The number of ether oxygens (including phenoxy) is 2. The van der Waals surface area contributed by atoms with Crippen molar-refractivity contribution in [2.45, 2.75) is 44.1 Å². The van der Waals surface area contributed by atoms with Crippen LogP contribution in [-0.4, -0.2) is 20.3 Å². The minimum Gasteiger partial charge on any atom is -0.496 e. The largest absolute Gasteiger partial charge is 0.496 e. The third-order valence-corrected chi connectivity index (χ3v) is 3.84. The highest BCUT2D eigenvalue weighted by atomic mass is 16.5. The van der Waals surface area contributed by atoms with Crippen molar-refractivity contribution in [2.24, 2.45) is 5.73 Å². The molecule has 0 heterocycles. The summed E-state index contributed by atoms with van der Waals surface area (Å²) in [6.45, 7) is 0. The maximum atomic E-state index is 6.16. The van der Waals surface area contributed by atoms with Gasteiger partial charge in [0.15, 0.2) is 0 Å². The van der Waals surface area contributed by atoms with Gasteiger partial charge >= 0.3 is 0 Å². The second-order valence-corrected chi connectivity index (χ2v) is 5.05. The van der Waals surface area contributed by atoms with Crippen LogP contribution in [0.1, 0.15) is 43.6 Å². The lowest BCUT2D eigenvalue weighted by Gasteiger charge is -2.22. The van der Waals surface area contributed by atoms with Crippen molar-refractivity contribution in [1.29, 1.82) is 0 Å². The summed E-state index contributed by atoms with van der Waals surface area (Å²) >= 11 is 0. The van der Waals surface area contributed by atoms with E-state index in [1.165, 1.54) is 24.8 Å². The van der Waals surface area contributed by atoms with Gasteiger partial charge in [-0.15, -0.1) is 0 Å². The Morgan fingerprint density at radius 3 is 2.28 bits per heavy atom. The van der Waals surface area contributed by atoms with E-state index in [0.717, 1.165) is 24.3 Å². The zero-order valence-corrected chi connectivity index (χ0v) is 11.3. The highest BCUT2D eigenvalue weighted by Crippen LogP contribution is 2.41. The van der Waals surface area contributed by atoms with E-state index in [-0.39, 0.29) is 0 Å². The molecule has 0 radical (unpaired) electrons. The molecule has 3 heteroatoms. The maximum Gasteiger partial charge on any atom is 0.126 e. The quantitative estimate of drug-likeness (QED) is 0.837. The molecule has 0 saturated heterocycles. The summed E-state index contributed by atoms with van der Waals surface area (Å²) in [5, 5.41) is 0. The van der Waals surface area contributed by atoms with Crippen molar-refractivity contribution >= 4 is 0 Å². The first-order chi connectivity index (χ1) is 8.76. The van der Waals surface area contributed by atoms with Crippen LogP contribution in [-0.2, 0) is 0 Å². The Labute approximate surface area is 109 Å². The number of hydrogen-bond acceptors (Lipinski definition) is 3. The van der Waals surface area contributed by atoms with E-state index in [4.69, 9.17) is 15.2 Å². The monoisotopic (exact) mass is 249 g/mol. The summed E-state index contributed by atoms with van der Waals surface area (Å²) in [4.78, 5) is 0. The minimum atomic E-state index is 0.298. The highest BCUT2D eigenvalue weighted by molar-refractivity contribution is 5.47. The van der Waals surface area contributed by atoms with E-state index in [9.17, 15) is 0 Å². The minimum absolute atomic E-state index is 0.298. The van der Waals surface area contributed by atoms with Gasteiger partial charge in [-0.1, -0.05) is 18.9 Å². The first-order valence-corrected chi connectivity index (χ1v) is 6.72. The number of rotatable bonds is 3. The summed E-state index contributed by atoms with van der Waals surface area (Å²) < 4.78 is 11.0. The Morgan fingerprint density at radius 1 is 1.06 bits per heavy atom. The van der Waals surface area contributed by atoms with Crippen molar-refractivity contribution in [3.8, 4) is 11.5 Å². The predicted molar refractivity (Wildman–Crippen MR) is 73.3 cm³/mol. The molecule has 2 rings (SSSR count). The number of hydrogen-bond donors (Lipinski definition) is 1. The van der Waals surface area contributed by atoms with Crippen LogP contribution < -0.4 is 15.2 Å². The Hall–Kier alpha value is -1.22. The van der Waals surface area contributed by atoms with Crippen LogP contribution in [0.4, 0.5) is 0 Å². The van der Waals surface area contributed by atoms with Crippen LogP contribution in [0, 0.1) is 0 Å². The fourth-order valence-corrected chi connectivity index (χ4v) is 2.94. The van der Waals surface area contributed by atoms with Gasteiger partial charge in [-0.05, 0) is 37.3 Å². The molecule has 0 amide bonds.